The zero-order chi connectivity index (χ0) is 11.4. The first-order valence-electron chi connectivity index (χ1n) is 6.35. The van der Waals surface area contributed by atoms with E-state index in [-0.39, 0.29) is 11.3 Å². The summed E-state index contributed by atoms with van der Waals surface area (Å²) in [5.41, 5.74) is -0.176. The summed E-state index contributed by atoms with van der Waals surface area (Å²) < 4.78 is 0. The van der Waals surface area contributed by atoms with Gasteiger partial charge in [-0.05, 0) is 45.1 Å². The lowest BCUT2D eigenvalue weighted by molar-refractivity contribution is -0.129. The second-order valence-electron chi connectivity index (χ2n) is 5.35. The van der Waals surface area contributed by atoms with Gasteiger partial charge in [-0.3, -0.25) is 4.79 Å². The highest BCUT2D eigenvalue weighted by Gasteiger charge is 2.36. The topological polar surface area (TPSA) is 41.1 Å². The van der Waals surface area contributed by atoms with E-state index in [1.54, 1.807) is 0 Å². The van der Waals surface area contributed by atoms with Crippen LogP contribution in [0.1, 0.15) is 32.6 Å². The Balaban J connectivity index is 1.76. The summed E-state index contributed by atoms with van der Waals surface area (Å²) in [5.74, 6) is 0.874. The number of carbonyl (C=O) groups excluding carboxylic acids is 1. The lowest BCUT2D eigenvalue weighted by Gasteiger charge is -2.24. The average molecular weight is 222 g/mol. The first kappa shape index (κ1) is 11.6. The predicted molar refractivity (Wildman–Crippen MR) is 65.1 cm³/mol. The minimum atomic E-state index is -0.176. The van der Waals surface area contributed by atoms with Gasteiger partial charge in [-0.15, -0.1) is 0 Å². The molecular formula is C13H22N2O. The fourth-order valence-corrected chi connectivity index (χ4v) is 2.50. The van der Waals surface area contributed by atoms with E-state index >= 15 is 0 Å². The molecular weight excluding hydrogens is 200 g/mol. The van der Waals surface area contributed by atoms with Crippen molar-refractivity contribution in [3.8, 4) is 0 Å². The van der Waals surface area contributed by atoms with E-state index in [1.807, 2.05) is 0 Å². The molecule has 0 radical (unpaired) electrons. The highest BCUT2D eigenvalue weighted by molar-refractivity contribution is 5.82. The van der Waals surface area contributed by atoms with Gasteiger partial charge in [0.25, 0.3) is 0 Å². The number of allylic oxidation sites excluding steroid dienone is 2. The minimum Gasteiger partial charge on any atom is -0.355 e. The molecule has 3 heteroatoms. The lowest BCUT2D eigenvalue weighted by Crippen LogP contribution is -2.42. The zero-order valence-electron chi connectivity index (χ0n) is 10.1. The van der Waals surface area contributed by atoms with Crippen LogP contribution in [0.2, 0.25) is 0 Å². The Morgan fingerprint density at radius 3 is 3.06 bits per heavy atom. The van der Waals surface area contributed by atoms with Crippen LogP contribution in [-0.2, 0) is 4.79 Å². The molecule has 1 aliphatic carbocycles. The highest BCUT2D eigenvalue weighted by Crippen LogP contribution is 2.25. The van der Waals surface area contributed by atoms with Crippen molar-refractivity contribution in [1.82, 2.24) is 10.6 Å². The van der Waals surface area contributed by atoms with Gasteiger partial charge in [0.1, 0.15) is 0 Å². The quantitative estimate of drug-likeness (QED) is 0.710. The monoisotopic (exact) mass is 222 g/mol. The van der Waals surface area contributed by atoms with E-state index in [4.69, 9.17) is 0 Å². The summed E-state index contributed by atoms with van der Waals surface area (Å²) in [7, 11) is 0. The summed E-state index contributed by atoms with van der Waals surface area (Å²) in [5, 5.41) is 6.38. The molecule has 90 valence electrons. The molecule has 0 aromatic rings. The van der Waals surface area contributed by atoms with Gasteiger partial charge >= 0.3 is 0 Å². The minimum absolute atomic E-state index is 0.176. The zero-order valence-corrected chi connectivity index (χ0v) is 10.1. The molecule has 2 rings (SSSR count). The molecule has 2 atom stereocenters. The summed E-state index contributed by atoms with van der Waals surface area (Å²) in [6.07, 6.45) is 8.93. The SMILES string of the molecule is CC1(C(=O)NCC2CC=CCC2)CCNC1. The normalized spacial score (nSPS) is 33.9. The Hall–Kier alpha value is -0.830. The Bertz CT molecular complexity index is 280. The van der Waals surface area contributed by atoms with Crippen molar-refractivity contribution in [2.45, 2.75) is 32.6 Å². The van der Waals surface area contributed by atoms with E-state index in [0.29, 0.717) is 5.92 Å². The largest absolute Gasteiger partial charge is 0.355 e. The van der Waals surface area contributed by atoms with Crippen LogP contribution in [0.15, 0.2) is 12.2 Å². The molecule has 0 aromatic carbocycles. The fraction of sp³-hybridized carbons (Fsp3) is 0.769. The third-order valence-corrected chi connectivity index (χ3v) is 3.85. The molecule has 3 nitrogen and oxygen atoms in total. The van der Waals surface area contributed by atoms with Crippen molar-refractivity contribution in [3.05, 3.63) is 12.2 Å². The maximum atomic E-state index is 12.0. The second kappa shape index (κ2) is 5.00. The maximum absolute atomic E-state index is 12.0. The number of rotatable bonds is 3. The van der Waals surface area contributed by atoms with E-state index in [0.717, 1.165) is 32.5 Å². The molecule has 1 amide bonds. The highest BCUT2D eigenvalue weighted by atomic mass is 16.2. The Kier molecular flexibility index (Phi) is 3.64. The number of carbonyl (C=O) groups is 1. The smallest absolute Gasteiger partial charge is 0.227 e. The summed E-state index contributed by atoms with van der Waals surface area (Å²) in [6, 6.07) is 0. The van der Waals surface area contributed by atoms with Gasteiger partial charge in [0.15, 0.2) is 0 Å². The van der Waals surface area contributed by atoms with Crippen molar-refractivity contribution in [2.24, 2.45) is 11.3 Å². The third kappa shape index (κ3) is 2.64. The number of nitrogens with one attached hydrogen (secondary N) is 2. The van der Waals surface area contributed by atoms with Crippen molar-refractivity contribution in [1.29, 1.82) is 0 Å². The molecule has 16 heavy (non-hydrogen) atoms. The molecule has 1 fully saturated rings. The molecule has 1 saturated heterocycles. The van der Waals surface area contributed by atoms with Crippen molar-refractivity contribution < 1.29 is 4.79 Å². The van der Waals surface area contributed by atoms with Gasteiger partial charge in [0.2, 0.25) is 5.91 Å². The van der Waals surface area contributed by atoms with Crippen molar-refractivity contribution in [3.63, 3.8) is 0 Å². The Labute approximate surface area is 97.7 Å². The van der Waals surface area contributed by atoms with Gasteiger partial charge in [-0.25, -0.2) is 0 Å². The molecule has 0 spiro atoms. The van der Waals surface area contributed by atoms with Crippen molar-refractivity contribution >= 4 is 5.91 Å². The van der Waals surface area contributed by atoms with Crippen LogP contribution in [-0.4, -0.2) is 25.5 Å². The first-order valence-corrected chi connectivity index (χ1v) is 6.35. The van der Waals surface area contributed by atoms with Crippen LogP contribution >= 0.6 is 0 Å². The summed E-state index contributed by atoms with van der Waals surface area (Å²) >= 11 is 0. The molecule has 1 aliphatic heterocycles. The molecule has 2 unspecified atom stereocenters. The molecule has 2 N–H and O–H groups in total. The lowest BCUT2D eigenvalue weighted by atomic mass is 9.88. The molecule has 0 saturated carbocycles. The fourth-order valence-electron chi connectivity index (χ4n) is 2.50. The Morgan fingerprint density at radius 2 is 2.44 bits per heavy atom. The standard InChI is InChI=1S/C13H22N2O/c1-13(7-8-14-10-13)12(16)15-9-11-5-3-2-4-6-11/h2-3,11,14H,4-10H2,1H3,(H,15,16). The average Bonchev–Trinajstić information content (AvgIpc) is 2.76. The van der Waals surface area contributed by atoms with E-state index in [9.17, 15) is 4.79 Å². The van der Waals surface area contributed by atoms with Crippen LogP contribution in [0, 0.1) is 11.3 Å². The molecule has 2 aliphatic rings. The van der Waals surface area contributed by atoms with Crippen LogP contribution in [0.25, 0.3) is 0 Å². The van der Waals surface area contributed by atoms with Crippen LogP contribution in [0.3, 0.4) is 0 Å². The van der Waals surface area contributed by atoms with Crippen LogP contribution < -0.4 is 10.6 Å². The second-order valence-corrected chi connectivity index (χ2v) is 5.35. The number of hydrogen-bond donors (Lipinski definition) is 2. The van der Waals surface area contributed by atoms with E-state index in [1.165, 1.54) is 12.8 Å². The Morgan fingerprint density at radius 1 is 1.56 bits per heavy atom. The molecule has 0 aromatic heterocycles. The summed E-state index contributed by atoms with van der Waals surface area (Å²) in [6.45, 7) is 4.70. The van der Waals surface area contributed by atoms with Gasteiger partial charge in [0.05, 0.1) is 5.41 Å². The van der Waals surface area contributed by atoms with E-state index < -0.39 is 0 Å². The third-order valence-electron chi connectivity index (χ3n) is 3.85. The van der Waals surface area contributed by atoms with Gasteiger partial charge in [-0.2, -0.15) is 0 Å². The number of amides is 1. The number of hydrogen-bond acceptors (Lipinski definition) is 2. The maximum Gasteiger partial charge on any atom is 0.227 e. The molecule has 1 heterocycles. The van der Waals surface area contributed by atoms with E-state index in [2.05, 4.69) is 29.7 Å². The van der Waals surface area contributed by atoms with Gasteiger partial charge in [0, 0.05) is 13.1 Å². The van der Waals surface area contributed by atoms with Crippen LogP contribution in [0.4, 0.5) is 0 Å². The van der Waals surface area contributed by atoms with Crippen LogP contribution in [0.5, 0.6) is 0 Å². The van der Waals surface area contributed by atoms with Gasteiger partial charge in [-0.1, -0.05) is 12.2 Å². The molecule has 0 bridgehead atoms. The predicted octanol–water partition coefficient (Wildman–Crippen LogP) is 1.46. The van der Waals surface area contributed by atoms with Gasteiger partial charge < -0.3 is 10.6 Å². The van der Waals surface area contributed by atoms with Crippen molar-refractivity contribution in [2.75, 3.05) is 19.6 Å². The first-order chi connectivity index (χ1) is 7.71. The summed E-state index contributed by atoms with van der Waals surface area (Å²) in [4.78, 5) is 12.0.